The van der Waals surface area contributed by atoms with Crippen LogP contribution in [0.4, 0.5) is 14.5 Å². The Labute approximate surface area is 116 Å². The van der Waals surface area contributed by atoms with E-state index >= 15 is 0 Å². The van der Waals surface area contributed by atoms with Gasteiger partial charge in [-0.25, -0.2) is 8.78 Å². The molecular formula is C15H14ClF2N. The zero-order valence-electron chi connectivity index (χ0n) is 10.7. The summed E-state index contributed by atoms with van der Waals surface area (Å²) < 4.78 is 26.7. The van der Waals surface area contributed by atoms with Crippen molar-refractivity contribution in [1.29, 1.82) is 0 Å². The summed E-state index contributed by atoms with van der Waals surface area (Å²) in [5, 5.41) is 3.51. The van der Waals surface area contributed by atoms with Crippen molar-refractivity contribution in [3.05, 3.63) is 64.2 Å². The van der Waals surface area contributed by atoms with Gasteiger partial charge in [0.05, 0.1) is 10.7 Å². The minimum atomic E-state index is -0.366. The van der Waals surface area contributed by atoms with Gasteiger partial charge in [0.25, 0.3) is 0 Å². The van der Waals surface area contributed by atoms with Gasteiger partial charge in [-0.1, -0.05) is 23.7 Å². The number of halogens is 3. The van der Waals surface area contributed by atoms with E-state index in [-0.39, 0.29) is 17.7 Å². The second-order valence-electron chi connectivity index (χ2n) is 4.50. The van der Waals surface area contributed by atoms with E-state index < -0.39 is 0 Å². The van der Waals surface area contributed by atoms with Crippen molar-refractivity contribution in [3.63, 3.8) is 0 Å². The topological polar surface area (TPSA) is 12.0 Å². The van der Waals surface area contributed by atoms with Crippen LogP contribution in [0.5, 0.6) is 0 Å². The molecule has 0 fully saturated rings. The summed E-state index contributed by atoms with van der Waals surface area (Å²) in [5.41, 5.74) is 1.87. The van der Waals surface area contributed by atoms with Crippen LogP contribution in [0.1, 0.15) is 24.1 Å². The number of anilines is 1. The smallest absolute Gasteiger partial charge is 0.126 e. The first kappa shape index (κ1) is 13.8. The number of aryl methyl sites for hydroxylation is 1. The SMILES string of the molecule is Cc1ccc(C(C)Nc2cc(F)ccc2Cl)cc1F. The van der Waals surface area contributed by atoms with E-state index in [0.29, 0.717) is 16.3 Å². The van der Waals surface area contributed by atoms with Crippen molar-refractivity contribution in [2.75, 3.05) is 5.32 Å². The Morgan fingerprint density at radius 1 is 1.11 bits per heavy atom. The van der Waals surface area contributed by atoms with Crippen LogP contribution >= 0.6 is 11.6 Å². The van der Waals surface area contributed by atoms with E-state index in [0.717, 1.165) is 5.56 Å². The molecule has 0 aliphatic heterocycles. The van der Waals surface area contributed by atoms with Gasteiger partial charge >= 0.3 is 0 Å². The molecule has 4 heteroatoms. The molecule has 0 saturated carbocycles. The molecule has 0 radical (unpaired) electrons. The van der Waals surface area contributed by atoms with Gasteiger partial charge in [-0.05, 0) is 49.2 Å². The van der Waals surface area contributed by atoms with Crippen LogP contribution in [0, 0.1) is 18.6 Å². The summed E-state index contributed by atoms with van der Waals surface area (Å²) in [6.07, 6.45) is 0. The van der Waals surface area contributed by atoms with Gasteiger partial charge in [0.15, 0.2) is 0 Å². The van der Waals surface area contributed by atoms with Crippen LogP contribution in [0.3, 0.4) is 0 Å². The Balaban J connectivity index is 2.22. The first-order valence-corrected chi connectivity index (χ1v) is 6.33. The highest BCUT2D eigenvalue weighted by Crippen LogP contribution is 2.27. The maximum atomic E-state index is 13.5. The molecule has 1 atom stereocenters. The molecule has 0 aromatic heterocycles. The number of hydrogen-bond acceptors (Lipinski definition) is 1. The molecule has 2 aromatic carbocycles. The molecule has 0 heterocycles. The average molecular weight is 282 g/mol. The number of rotatable bonds is 3. The maximum absolute atomic E-state index is 13.5. The molecule has 0 amide bonds. The second-order valence-corrected chi connectivity index (χ2v) is 4.91. The van der Waals surface area contributed by atoms with Crippen molar-refractivity contribution in [2.45, 2.75) is 19.9 Å². The number of benzene rings is 2. The van der Waals surface area contributed by atoms with Gasteiger partial charge in [0.2, 0.25) is 0 Å². The Morgan fingerprint density at radius 3 is 2.53 bits per heavy atom. The predicted octanol–water partition coefficient (Wildman–Crippen LogP) is 5.10. The highest BCUT2D eigenvalue weighted by atomic mass is 35.5. The Hall–Kier alpha value is -1.61. The summed E-state index contributed by atoms with van der Waals surface area (Å²) in [7, 11) is 0. The second kappa shape index (κ2) is 5.57. The molecule has 19 heavy (non-hydrogen) atoms. The minimum absolute atomic E-state index is 0.172. The van der Waals surface area contributed by atoms with Gasteiger partial charge in [0.1, 0.15) is 11.6 Å². The molecule has 2 rings (SSSR count). The van der Waals surface area contributed by atoms with E-state index in [9.17, 15) is 8.78 Å². The van der Waals surface area contributed by atoms with Gasteiger partial charge in [-0.2, -0.15) is 0 Å². The van der Waals surface area contributed by atoms with Crippen molar-refractivity contribution in [2.24, 2.45) is 0 Å². The molecular weight excluding hydrogens is 268 g/mol. The van der Waals surface area contributed by atoms with Crippen molar-refractivity contribution < 1.29 is 8.78 Å². The minimum Gasteiger partial charge on any atom is -0.377 e. The Bertz CT molecular complexity index is 599. The lowest BCUT2D eigenvalue weighted by Crippen LogP contribution is -2.07. The molecule has 0 spiro atoms. The molecule has 1 unspecified atom stereocenters. The first-order chi connectivity index (χ1) is 8.97. The molecule has 1 nitrogen and oxygen atoms in total. The van der Waals surface area contributed by atoms with E-state index in [1.807, 2.05) is 13.0 Å². The predicted molar refractivity (Wildman–Crippen MR) is 74.6 cm³/mol. The third kappa shape index (κ3) is 3.24. The number of hydrogen-bond donors (Lipinski definition) is 1. The molecule has 0 aliphatic carbocycles. The summed E-state index contributed by atoms with van der Waals surface area (Å²) in [4.78, 5) is 0. The summed E-state index contributed by atoms with van der Waals surface area (Å²) >= 11 is 5.98. The van der Waals surface area contributed by atoms with Crippen LogP contribution in [0.25, 0.3) is 0 Å². The monoisotopic (exact) mass is 281 g/mol. The van der Waals surface area contributed by atoms with Crippen LogP contribution in [-0.2, 0) is 0 Å². The summed E-state index contributed by atoms with van der Waals surface area (Å²) in [6.45, 7) is 3.58. The fourth-order valence-electron chi connectivity index (χ4n) is 1.80. The van der Waals surface area contributed by atoms with E-state index in [4.69, 9.17) is 11.6 Å². The summed E-state index contributed by atoms with van der Waals surface area (Å²) in [6, 6.07) is 8.96. The number of nitrogens with one attached hydrogen (secondary N) is 1. The van der Waals surface area contributed by atoms with E-state index in [2.05, 4.69) is 5.32 Å². The zero-order valence-corrected chi connectivity index (χ0v) is 11.4. The standard InChI is InChI=1S/C15H14ClF2N/c1-9-3-4-11(7-14(9)18)10(2)19-15-8-12(17)5-6-13(15)16/h3-8,10,19H,1-2H3. The Morgan fingerprint density at radius 2 is 1.84 bits per heavy atom. The molecule has 0 saturated heterocycles. The largest absolute Gasteiger partial charge is 0.377 e. The normalized spacial score (nSPS) is 12.3. The van der Waals surface area contributed by atoms with Crippen LogP contribution in [0.2, 0.25) is 5.02 Å². The third-order valence-electron chi connectivity index (χ3n) is 3.00. The van der Waals surface area contributed by atoms with Crippen LogP contribution in [0.15, 0.2) is 36.4 Å². The van der Waals surface area contributed by atoms with Gasteiger partial charge in [-0.15, -0.1) is 0 Å². The van der Waals surface area contributed by atoms with E-state index in [1.54, 1.807) is 13.0 Å². The lowest BCUT2D eigenvalue weighted by atomic mass is 10.1. The quantitative estimate of drug-likeness (QED) is 0.825. The molecule has 2 aromatic rings. The molecule has 0 bridgehead atoms. The van der Waals surface area contributed by atoms with E-state index in [1.165, 1.54) is 24.3 Å². The van der Waals surface area contributed by atoms with Gasteiger partial charge in [0, 0.05) is 6.04 Å². The average Bonchev–Trinajstić information content (AvgIpc) is 2.37. The molecule has 1 N–H and O–H groups in total. The molecule has 100 valence electrons. The fourth-order valence-corrected chi connectivity index (χ4v) is 1.98. The highest BCUT2D eigenvalue weighted by molar-refractivity contribution is 6.33. The maximum Gasteiger partial charge on any atom is 0.126 e. The zero-order chi connectivity index (χ0) is 14.0. The Kier molecular flexibility index (Phi) is 4.05. The van der Waals surface area contributed by atoms with Crippen molar-refractivity contribution in [3.8, 4) is 0 Å². The highest BCUT2D eigenvalue weighted by Gasteiger charge is 2.10. The van der Waals surface area contributed by atoms with Crippen molar-refractivity contribution >= 4 is 17.3 Å². The van der Waals surface area contributed by atoms with Gasteiger partial charge in [-0.3, -0.25) is 0 Å². The molecule has 0 aliphatic rings. The van der Waals surface area contributed by atoms with Gasteiger partial charge < -0.3 is 5.32 Å². The summed E-state index contributed by atoms with van der Waals surface area (Å²) in [5.74, 6) is -0.620. The lowest BCUT2D eigenvalue weighted by molar-refractivity contribution is 0.614. The van der Waals surface area contributed by atoms with Crippen LogP contribution in [-0.4, -0.2) is 0 Å². The van der Waals surface area contributed by atoms with Crippen LogP contribution < -0.4 is 5.32 Å². The fraction of sp³-hybridized carbons (Fsp3) is 0.200. The lowest BCUT2D eigenvalue weighted by Gasteiger charge is -2.17. The third-order valence-corrected chi connectivity index (χ3v) is 3.33. The first-order valence-electron chi connectivity index (χ1n) is 5.95. The van der Waals surface area contributed by atoms with Crippen molar-refractivity contribution in [1.82, 2.24) is 0 Å².